The van der Waals surface area contributed by atoms with Crippen LogP contribution in [0.3, 0.4) is 0 Å². The van der Waals surface area contributed by atoms with Crippen LogP contribution in [0.25, 0.3) is 11.0 Å². The van der Waals surface area contributed by atoms with Gasteiger partial charge < -0.3 is 5.32 Å². The molecule has 0 aliphatic heterocycles. The fourth-order valence-corrected chi connectivity index (χ4v) is 2.87. The fraction of sp³-hybridized carbons (Fsp3) is 0.353. The van der Waals surface area contributed by atoms with Crippen molar-refractivity contribution in [1.82, 2.24) is 24.2 Å². The van der Waals surface area contributed by atoms with Gasteiger partial charge in [0, 0.05) is 38.4 Å². The molecule has 0 bridgehead atoms. The van der Waals surface area contributed by atoms with E-state index in [9.17, 15) is 9.59 Å². The highest BCUT2D eigenvalue weighted by molar-refractivity contribution is 5.78. The van der Waals surface area contributed by atoms with Gasteiger partial charge >= 0.3 is 5.69 Å². The monoisotopic (exact) mass is 327 g/mol. The van der Waals surface area contributed by atoms with Crippen molar-refractivity contribution in [2.75, 3.05) is 0 Å². The Balaban J connectivity index is 1.62. The zero-order valence-electron chi connectivity index (χ0n) is 13.8. The summed E-state index contributed by atoms with van der Waals surface area (Å²) in [5.74, 6) is -0.0745. The number of para-hydroxylation sites is 2. The number of amides is 1. The molecule has 3 aromatic rings. The van der Waals surface area contributed by atoms with E-state index in [2.05, 4.69) is 10.4 Å². The Labute approximate surface area is 139 Å². The minimum absolute atomic E-state index is 0.0263. The number of rotatable bonds is 6. The van der Waals surface area contributed by atoms with E-state index in [1.54, 1.807) is 27.1 Å². The third kappa shape index (κ3) is 3.24. The van der Waals surface area contributed by atoms with Crippen LogP contribution in [0.5, 0.6) is 0 Å². The van der Waals surface area contributed by atoms with Crippen LogP contribution >= 0.6 is 0 Å². The Hall–Kier alpha value is -2.83. The minimum atomic E-state index is -0.103. The average molecular weight is 327 g/mol. The van der Waals surface area contributed by atoms with Gasteiger partial charge in [-0.25, -0.2) is 4.79 Å². The van der Waals surface area contributed by atoms with Crippen molar-refractivity contribution in [1.29, 1.82) is 0 Å². The lowest BCUT2D eigenvalue weighted by Crippen LogP contribution is -2.36. The number of aromatic nitrogens is 4. The molecule has 2 heterocycles. The van der Waals surface area contributed by atoms with Crippen molar-refractivity contribution >= 4 is 16.9 Å². The van der Waals surface area contributed by atoms with Crippen LogP contribution in [0, 0.1) is 0 Å². The summed E-state index contributed by atoms with van der Waals surface area (Å²) < 4.78 is 5.03. The Morgan fingerprint density at radius 2 is 2.00 bits per heavy atom. The van der Waals surface area contributed by atoms with Crippen molar-refractivity contribution < 1.29 is 4.79 Å². The van der Waals surface area contributed by atoms with E-state index in [0.29, 0.717) is 13.1 Å². The van der Waals surface area contributed by atoms with Crippen LogP contribution in [0.2, 0.25) is 0 Å². The highest BCUT2D eigenvalue weighted by atomic mass is 16.2. The summed E-state index contributed by atoms with van der Waals surface area (Å²) in [5, 5.41) is 7.06. The molecule has 2 aromatic heterocycles. The van der Waals surface area contributed by atoms with Crippen molar-refractivity contribution in [2.24, 2.45) is 7.05 Å². The van der Waals surface area contributed by atoms with Crippen LogP contribution in [0.15, 0.2) is 47.5 Å². The summed E-state index contributed by atoms with van der Waals surface area (Å²) in [6.45, 7) is 2.91. The van der Waals surface area contributed by atoms with E-state index >= 15 is 0 Å². The van der Waals surface area contributed by atoms with Gasteiger partial charge in [-0.1, -0.05) is 12.1 Å². The Bertz CT molecular complexity index is 891. The standard InChI is InChI=1S/C17H21N5O2/c1-13(12-21-10-5-9-18-21)19-16(23)8-11-22-15-7-4-3-6-14(15)20(2)17(22)24/h3-7,9-10,13H,8,11-12H2,1-2H3,(H,19,23)/t13-/m1/s1. The summed E-state index contributed by atoms with van der Waals surface area (Å²) in [4.78, 5) is 24.5. The summed E-state index contributed by atoms with van der Waals surface area (Å²) in [7, 11) is 1.74. The number of carbonyl (C=O) groups excluding carboxylic acids is 1. The summed E-state index contributed by atoms with van der Waals surface area (Å²) >= 11 is 0. The number of nitrogens with zero attached hydrogens (tertiary/aromatic N) is 4. The van der Waals surface area contributed by atoms with E-state index in [4.69, 9.17) is 0 Å². The van der Waals surface area contributed by atoms with Crippen molar-refractivity contribution in [3.05, 3.63) is 53.2 Å². The first-order valence-corrected chi connectivity index (χ1v) is 7.97. The highest BCUT2D eigenvalue weighted by Gasteiger charge is 2.13. The molecular weight excluding hydrogens is 306 g/mol. The predicted octanol–water partition coefficient (Wildman–Crippen LogP) is 1.13. The van der Waals surface area contributed by atoms with E-state index < -0.39 is 0 Å². The molecule has 0 aliphatic rings. The lowest BCUT2D eigenvalue weighted by atomic mass is 10.3. The molecule has 1 aromatic carbocycles. The van der Waals surface area contributed by atoms with Crippen molar-refractivity contribution in [3.8, 4) is 0 Å². The molecule has 0 saturated heterocycles. The average Bonchev–Trinajstić information content (AvgIpc) is 3.14. The van der Waals surface area contributed by atoms with Gasteiger partial charge in [0.2, 0.25) is 5.91 Å². The van der Waals surface area contributed by atoms with Gasteiger partial charge in [0.25, 0.3) is 0 Å². The molecule has 0 saturated carbocycles. The molecule has 7 nitrogen and oxygen atoms in total. The smallest absolute Gasteiger partial charge is 0.328 e. The first-order valence-electron chi connectivity index (χ1n) is 7.97. The SMILES string of the molecule is C[C@H](Cn1cccn1)NC(=O)CCn1c(=O)n(C)c2ccccc21. The highest BCUT2D eigenvalue weighted by Crippen LogP contribution is 2.11. The number of hydrogen-bond acceptors (Lipinski definition) is 3. The quantitative estimate of drug-likeness (QED) is 0.737. The van der Waals surface area contributed by atoms with Gasteiger partial charge in [0.1, 0.15) is 0 Å². The number of aryl methyl sites for hydroxylation is 2. The third-order valence-electron chi connectivity index (χ3n) is 4.04. The summed E-state index contributed by atoms with van der Waals surface area (Å²) in [5.41, 5.74) is 1.62. The normalized spacial score (nSPS) is 12.4. The maximum Gasteiger partial charge on any atom is 0.328 e. The molecule has 0 spiro atoms. The van der Waals surface area contributed by atoms with Gasteiger partial charge in [-0.05, 0) is 25.1 Å². The summed E-state index contributed by atoms with van der Waals surface area (Å²) in [6, 6.07) is 9.41. The Morgan fingerprint density at radius 1 is 1.25 bits per heavy atom. The fourth-order valence-electron chi connectivity index (χ4n) is 2.87. The topological polar surface area (TPSA) is 73.8 Å². The van der Waals surface area contributed by atoms with Crippen LogP contribution in [0.1, 0.15) is 13.3 Å². The molecule has 1 N–H and O–H groups in total. The van der Waals surface area contributed by atoms with Gasteiger partial charge in [-0.15, -0.1) is 0 Å². The molecule has 1 atom stereocenters. The van der Waals surface area contributed by atoms with Crippen LogP contribution < -0.4 is 11.0 Å². The van der Waals surface area contributed by atoms with Gasteiger partial charge in [-0.3, -0.25) is 18.6 Å². The van der Waals surface area contributed by atoms with Crippen molar-refractivity contribution in [3.63, 3.8) is 0 Å². The Kier molecular flexibility index (Phi) is 4.50. The second-order valence-electron chi connectivity index (χ2n) is 5.93. The van der Waals surface area contributed by atoms with E-state index in [0.717, 1.165) is 11.0 Å². The maximum absolute atomic E-state index is 12.3. The maximum atomic E-state index is 12.3. The molecule has 0 aliphatic carbocycles. The first kappa shape index (κ1) is 16.0. The van der Waals surface area contributed by atoms with E-state index in [1.807, 2.05) is 43.5 Å². The van der Waals surface area contributed by atoms with E-state index in [1.165, 1.54) is 0 Å². The molecule has 0 radical (unpaired) electrons. The molecule has 0 unspecified atom stereocenters. The number of imidazole rings is 1. The number of fused-ring (bicyclic) bond motifs is 1. The van der Waals surface area contributed by atoms with E-state index in [-0.39, 0.29) is 24.1 Å². The number of carbonyl (C=O) groups is 1. The molecule has 7 heteroatoms. The van der Waals surface area contributed by atoms with Crippen LogP contribution in [-0.2, 0) is 24.9 Å². The van der Waals surface area contributed by atoms with Gasteiger partial charge in [-0.2, -0.15) is 5.10 Å². The summed E-state index contributed by atoms with van der Waals surface area (Å²) in [6.07, 6.45) is 3.83. The van der Waals surface area contributed by atoms with Gasteiger partial charge in [0.05, 0.1) is 17.6 Å². The van der Waals surface area contributed by atoms with Crippen LogP contribution in [0.4, 0.5) is 0 Å². The lowest BCUT2D eigenvalue weighted by molar-refractivity contribution is -0.122. The zero-order chi connectivity index (χ0) is 17.1. The predicted molar refractivity (Wildman–Crippen MR) is 91.6 cm³/mol. The largest absolute Gasteiger partial charge is 0.352 e. The number of benzene rings is 1. The first-order chi connectivity index (χ1) is 11.6. The molecule has 1 amide bonds. The molecular formula is C17H21N5O2. The van der Waals surface area contributed by atoms with Crippen LogP contribution in [-0.4, -0.2) is 30.9 Å². The molecule has 24 heavy (non-hydrogen) atoms. The third-order valence-corrected chi connectivity index (χ3v) is 4.04. The molecule has 0 fully saturated rings. The van der Waals surface area contributed by atoms with Crippen molar-refractivity contribution in [2.45, 2.75) is 32.5 Å². The second-order valence-corrected chi connectivity index (χ2v) is 5.93. The molecule has 126 valence electrons. The van der Waals surface area contributed by atoms with Gasteiger partial charge in [0.15, 0.2) is 0 Å². The molecule has 3 rings (SSSR count). The number of hydrogen-bond donors (Lipinski definition) is 1. The lowest BCUT2D eigenvalue weighted by Gasteiger charge is -2.14. The number of nitrogens with one attached hydrogen (secondary N) is 1. The second kappa shape index (κ2) is 6.74. The zero-order valence-corrected chi connectivity index (χ0v) is 13.8. The Morgan fingerprint density at radius 3 is 2.71 bits per heavy atom. The minimum Gasteiger partial charge on any atom is -0.352 e.